The zero-order chi connectivity index (χ0) is 15.0. The fraction of sp³-hybridized carbons (Fsp3) is 0. The Morgan fingerprint density at radius 2 is 2.24 bits per heavy atom. The molecule has 0 saturated carbocycles. The number of nitrogens with zero attached hydrogens (tertiary/aromatic N) is 3. The van der Waals surface area contributed by atoms with E-state index in [1.54, 1.807) is 0 Å². The van der Waals surface area contributed by atoms with Crippen LogP contribution in [0, 0.1) is 10.1 Å². The Balaban J connectivity index is 1.90. The Bertz CT molecular complexity index is 763. The van der Waals surface area contributed by atoms with Crippen LogP contribution in [0.4, 0.5) is 16.5 Å². The van der Waals surface area contributed by atoms with Crippen LogP contribution in [0.25, 0.3) is 6.08 Å². The van der Waals surface area contributed by atoms with Gasteiger partial charge in [-0.15, -0.1) is 0 Å². The van der Waals surface area contributed by atoms with Gasteiger partial charge in [-0.2, -0.15) is 0 Å². The lowest BCUT2D eigenvalue weighted by Crippen LogP contribution is -2.27. The number of carbonyl (C=O) groups is 2. The predicted octanol–water partition coefficient (Wildman–Crippen LogP) is 2.15. The Hall–Kier alpha value is -2.88. The van der Waals surface area contributed by atoms with Gasteiger partial charge in [-0.25, -0.2) is 9.88 Å². The fourth-order valence-corrected chi connectivity index (χ4v) is 2.51. The summed E-state index contributed by atoms with van der Waals surface area (Å²) < 4.78 is 4.93. The van der Waals surface area contributed by atoms with E-state index in [2.05, 4.69) is 9.97 Å². The van der Waals surface area contributed by atoms with Crippen LogP contribution in [-0.2, 0) is 4.79 Å². The van der Waals surface area contributed by atoms with Crippen LogP contribution in [0.1, 0.15) is 5.76 Å². The summed E-state index contributed by atoms with van der Waals surface area (Å²) in [5.41, 5.74) is 0. The molecule has 1 N–H and O–H groups in total. The third-order valence-electron chi connectivity index (χ3n) is 2.58. The first-order valence-corrected chi connectivity index (χ1v) is 6.38. The average molecular weight is 306 g/mol. The van der Waals surface area contributed by atoms with Crippen molar-refractivity contribution in [1.82, 2.24) is 9.97 Å². The van der Waals surface area contributed by atoms with Crippen molar-refractivity contribution in [3.8, 4) is 0 Å². The zero-order valence-electron chi connectivity index (χ0n) is 10.2. The molecule has 0 atom stereocenters. The number of nitro groups is 1. The van der Waals surface area contributed by atoms with E-state index in [1.807, 2.05) is 0 Å². The number of furan rings is 1. The van der Waals surface area contributed by atoms with E-state index in [1.165, 1.54) is 30.7 Å². The van der Waals surface area contributed by atoms with Crippen LogP contribution in [-0.4, -0.2) is 26.0 Å². The number of hydrogen-bond donors (Lipinski definition) is 1. The summed E-state index contributed by atoms with van der Waals surface area (Å²) in [6.45, 7) is 0. The minimum atomic E-state index is -0.687. The number of hydrogen-bond acceptors (Lipinski definition) is 7. The first-order valence-electron chi connectivity index (χ1n) is 5.57. The van der Waals surface area contributed by atoms with E-state index < -0.39 is 22.0 Å². The van der Waals surface area contributed by atoms with Crippen LogP contribution >= 0.6 is 11.8 Å². The molecule has 2 amide bonds. The molecule has 106 valence electrons. The smallest absolute Gasteiger partial charge is 0.401 e. The topological polar surface area (TPSA) is 122 Å². The third-order valence-corrected chi connectivity index (χ3v) is 3.45. The molecular formula is C11H6N4O5S. The highest BCUT2D eigenvalue weighted by molar-refractivity contribution is 8.19. The first-order chi connectivity index (χ1) is 10.1. The van der Waals surface area contributed by atoms with Crippen LogP contribution in [0.3, 0.4) is 0 Å². The number of rotatable bonds is 3. The normalized spacial score (nSPS) is 17.0. The van der Waals surface area contributed by atoms with Crippen LogP contribution in [0.2, 0.25) is 0 Å². The van der Waals surface area contributed by atoms with E-state index in [4.69, 9.17) is 4.42 Å². The summed E-state index contributed by atoms with van der Waals surface area (Å²) >= 11 is 0.713. The SMILES string of the molecule is O=C1S/C(=C\c2ccc([N+](=O)[O-])o2)C(=O)N1c1cnc[nH]1. The van der Waals surface area contributed by atoms with Crippen molar-refractivity contribution in [2.24, 2.45) is 0 Å². The summed E-state index contributed by atoms with van der Waals surface area (Å²) in [7, 11) is 0. The fourth-order valence-electron chi connectivity index (χ4n) is 1.69. The number of H-pyrrole nitrogens is 1. The molecule has 0 spiro atoms. The molecule has 0 bridgehead atoms. The van der Waals surface area contributed by atoms with Gasteiger partial charge in [0.1, 0.15) is 16.5 Å². The van der Waals surface area contributed by atoms with Crippen LogP contribution < -0.4 is 4.90 Å². The van der Waals surface area contributed by atoms with Gasteiger partial charge >= 0.3 is 5.88 Å². The minimum Gasteiger partial charge on any atom is -0.401 e. The molecule has 1 aliphatic heterocycles. The highest BCUT2D eigenvalue weighted by Crippen LogP contribution is 2.35. The van der Waals surface area contributed by atoms with Crippen molar-refractivity contribution in [1.29, 1.82) is 0 Å². The van der Waals surface area contributed by atoms with Gasteiger partial charge in [-0.1, -0.05) is 0 Å². The maximum absolute atomic E-state index is 12.2. The van der Waals surface area contributed by atoms with Crippen molar-refractivity contribution in [2.45, 2.75) is 0 Å². The van der Waals surface area contributed by atoms with Gasteiger partial charge in [0.15, 0.2) is 0 Å². The molecule has 21 heavy (non-hydrogen) atoms. The summed E-state index contributed by atoms with van der Waals surface area (Å²) in [5, 5.41) is 10.0. The molecule has 10 heteroatoms. The van der Waals surface area contributed by atoms with E-state index in [0.717, 1.165) is 4.90 Å². The molecule has 9 nitrogen and oxygen atoms in total. The Labute approximate surface area is 120 Å². The number of imide groups is 1. The number of imidazole rings is 1. The Kier molecular flexibility index (Phi) is 3.06. The van der Waals surface area contributed by atoms with Gasteiger partial charge < -0.3 is 9.40 Å². The molecular weight excluding hydrogens is 300 g/mol. The monoisotopic (exact) mass is 306 g/mol. The molecule has 0 radical (unpaired) electrons. The predicted molar refractivity (Wildman–Crippen MR) is 72.4 cm³/mol. The number of carbonyl (C=O) groups excluding carboxylic acids is 2. The number of thioether (sulfide) groups is 1. The van der Waals surface area contributed by atoms with Gasteiger partial charge in [0.2, 0.25) is 0 Å². The lowest BCUT2D eigenvalue weighted by Gasteiger charge is -2.07. The molecule has 3 rings (SSSR count). The lowest BCUT2D eigenvalue weighted by atomic mass is 10.3. The van der Waals surface area contributed by atoms with Crippen LogP contribution in [0.15, 0.2) is 34.0 Å². The highest BCUT2D eigenvalue weighted by Gasteiger charge is 2.37. The average Bonchev–Trinajstić information content (AvgIpc) is 3.12. The largest absolute Gasteiger partial charge is 0.433 e. The third kappa shape index (κ3) is 2.31. The summed E-state index contributed by atoms with van der Waals surface area (Å²) in [6.07, 6.45) is 3.98. The number of nitrogens with one attached hydrogen (secondary N) is 1. The second-order valence-electron chi connectivity index (χ2n) is 3.89. The molecule has 1 fully saturated rings. The number of anilines is 1. The van der Waals surface area contributed by atoms with Gasteiger partial charge in [0.05, 0.1) is 23.5 Å². The summed E-state index contributed by atoms with van der Waals surface area (Å²) in [5.74, 6) is -0.606. The lowest BCUT2D eigenvalue weighted by molar-refractivity contribution is -0.402. The van der Waals surface area contributed by atoms with E-state index >= 15 is 0 Å². The zero-order valence-corrected chi connectivity index (χ0v) is 11.0. The molecule has 0 unspecified atom stereocenters. The van der Waals surface area contributed by atoms with Crippen molar-refractivity contribution in [3.05, 3.63) is 45.4 Å². The van der Waals surface area contributed by atoms with E-state index in [0.29, 0.717) is 11.8 Å². The first kappa shape index (κ1) is 13.1. The molecule has 1 saturated heterocycles. The maximum Gasteiger partial charge on any atom is 0.433 e. The van der Waals surface area contributed by atoms with Gasteiger partial charge in [0, 0.05) is 6.08 Å². The second-order valence-corrected chi connectivity index (χ2v) is 4.88. The number of aromatic amines is 1. The van der Waals surface area contributed by atoms with Crippen LogP contribution in [0.5, 0.6) is 0 Å². The second kappa shape index (κ2) is 4.90. The summed E-state index contributed by atoms with van der Waals surface area (Å²) in [6, 6.07) is 2.52. The molecule has 2 aromatic rings. The van der Waals surface area contributed by atoms with Crippen molar-refractivity contribution in [3.63, 3.8) is 0 Å². The molecule has 2 aromatic heterocycles. The standard InChI is InChI=1S/C11H6N4O5S/c16-10-7(3-6-1-2-9(20-6)15(18)19)21-11(17)14(10)8-4-12-5-13-8/h1-5H,(H,12,13)/b7-3-. The van der Waals surface area contributed by atoms with E-state index in [9.17, 15) is 19.7 Å². The van der Waals surface area contributed by atoms with Crippen molar-refractivity contribution >= 4 is 40.7 Å². The summed E-state index contributed by atoms with van der Waals surface area (Å²) in [4.78, 5) is 41.3. The van der Waals surface area contributed by atoms with Crippen molar-refractivity contribution in [2.75, 3.05) is 4.90 Å². The highest BCUT2D eigenvalue weighted by atomic mass is 32.2. The molecule has 0 aromatic carbocycles. The minimum absolute atomic E-state index is 0.110. The molecule has 1 aliphatic rings. The number of amides is 2. The van der Waals surface area contributed by atoms with E-state index in [-0.39, 0.29) is 16.5 Å². The quantitative estimate of drug-likeness (QED) is 0.523. The number of aromatic nitrogens is 2. The maximum atomic E-state index is 12.2. The van der Waals surface area contributed by atoms with Crippen molar-refractivity contribution < 1.29 is 18.9 Å². The van der Waals surface area contributed by atoms with Gasteiger partial charge in [-0.05, 0) is 17.8 Å². The Morgan fingerprint density at radius 3 is 2.86 bits per heavy atom. The molecule has 0 aliphatic carbocycles. The van der Waals surface area contributed by atoms with Gasteiger partial charge in [0.25, 0.3) is 11.1 Å². The van der Waals surface area contributed by atoms with Gasteiger partial charge in [-0.3, -0.25) is 19.7 Å². The Morgan fingerprint density at radius 1 is 1.43 bits per heavy atom. The molecule has 3 heterocycles.